The van der Waals surface area contributed by atoms with Gasteiger partial charge in [-0.3, -0.25) is 4.90 Å². The molecule has 40 heavy (non-hydrogen) atoms. The van der Waals surface area contributed by atoms with Gasteiger partial charge in [0.2, 0.25) is 17.7 Å². The summed E-state index contributed by atoms with van der Waals surface area (Å²) in [6.45, 7) is 8.82. The molecule has 0 aliphatic carbocycles. The summed E-state index contributed by atoms with van der Waals surface area (Å²) in [6, 6.07) is 7.68. The van der Waals surface area contributed by atoms with E-state index in [0.717, 1.165) is 57.4 Å². The van der Waals surface area contributed by atoms with E-state index in [1.807, 2.05) is 26.0 Å². The Morgan fingerprint density at radius 3 is 1.75 bits per heavy atom. The maximum absolute atomic E-state index is 14.8. The fourth-order valence-corrected chi connectivity index (χ4v) is 5.56. The first-order valence-electron chi connectivity index (χ1n) is 14.3. The third-order valence-electron chi connectivity index (χ3n) is 7.38. The molecule has 3 aromatic rings. The molecule has 2 saturated heterocycles. The van der Waals surface area contributed by atoms with Gasteiger partial charge in [-0.1, -0.05) is 0 Å². The lowest BCUT2D eigenvalue weighted by Gasteiger charge is -2.47. The van der Waals surface area contributed by atoms with Gasteiger partial charge in [-0.25, -0.2) is 30.0 Å². The minimum absolute atomic E-state index is 0.170. The zero-order chi connectivity index (χ0) is 27.7. The van der Waals surface area contributed by atoms with Crippen molar-refractivity contribution in [2.75, 3.05) is 49.4 Å². The molecule has 0 bridgehead atoms. The van der Waals surface area contributed by atoms with E-state index < -0.39 is 5.82 Å². The van der Waals surface area contributed by atoms with Crippen LogP contribution in [0.3, 0.4) is 0 Å². The minimum atomic E-state index is -0.439. The topological polar surface area (TPSA) is 91.8 Å². The van der Waals surface area contributed by atoms with Crippen molar-refractivity contribution in [1.29, 1.82) is 0 Å². The lowest BCUT2D eigenvalue weighted by Crippen LogP contribution is -2.59. The predicted octanol–water partition coefficient (Wildman–Crippen LogP) is 3.85. The highest BCUT2D eigenvalue weighted by molar-refractivity contribution is 5.46. The van der Waals surface area contributed by atoms with Crippen LogP contribution in [0.5, 0.6) is 11.5 Å². The number of nitrogens with zero attached hydrogens (tertiary/aromatic N) is 7. The normalized spacial score (nSPS) is 17.0. The van der Waals surface area contributed by atoms with Crippen LogP contribution in [0.4, 0.5) is 16.3 Å². The zero-order valence-electron chi connectivity index (χ0n) is 23.4. The average molecular weight is 551 g/mol. The van der Waals surface area contributed by atoms with Gasteiger partial charge in [0.15, 0.2) is 11.5 Å². The van der Waals surface area contributed by atoms with E-state index in [-0.39, 0.29) is 23.6 Å². The molecule has 2 aliphatic rings. The molecular weight excluding hydrogens is 511 g/mol. The van der Waals surface area contributed by atoms with Crippen LogP contribution >= 0.6 is 0 Å². The number of benzene rings is 1. The molecule has 0 unspecified atom stereocenters. The Morgan fingerprint density at radius 1 is 0.800 bits per heavy atom. The molecule has 5 rings (SSSR count). The SMILES string of the molecule is CCOc1cc(CN2CCC(N(c3ncccn3)N(c3ncccn3)C3CCNCC3)CC2)cc(OCC)c1F. The van der Waals surface area contributed by atoms with E-state index in [9.17, 15) is 4.39 Å². The van der Waals surface area contributed by atoms with Gasteiger partial charge in [-0.15, -0.1) is 0 Å². The highest BCUT2D eigenvalue weighted by Crippen LogP contribution is 2.32. The van der Waals surface area contributed by atoms with Crippen molar-refractivity contribution in [1.82, 2.24) is 30.2 Å². The smallest absolute Gasteiger partial charge is 0.244 e. The van der Waals surface area contributed by atoms with Crippen LogP contribution < -0.4 is 24.8 Å². The van der Waals surface area contributed by atoms with Crippen molar-refractivity contribution in [2.24, 2.45) is 0 Å². The average Bonchev–Trinajstić information content (AvgIpc) is 3.00. The summed E-state index contributed by atoms with van der Waals surface area (Å²) in [5, 5.41) is 7.94. The maximum Gasteiger partial charge on any atom is 0.244 e. The summed E-state index contributed by atoms with van der Waals surface area (Å²) < 4.78 is 25.9. The molecule has 2 aromatic heterocycles. The molecule has 4 heterocycles. The Bertz CT molecular complexity index is 1160. The number of anilines is 2. The second-order valence-corrected chi connectivity index (χ2v) is 10.0. The summed E-state index contributed by atoms with van der Waals surface area (Å²) in [4.78, 5) is 21.0. The Hall–Kier alpha value is -3.57. The molecule has 0 amide bonds. The van der Waals surface area contributed by atoms with Crippen LogP contribution in [0.2, 0.25) is 0 Å². The van der Waals surface area contributed by atoms with Crippen molar-refractivity contribution < 1.29 is 13.9 Å². The van der Waals surface area contributed by atoms with E-state index in [1.165, 1.54) is 0 Å². The summed E-state index contributed by atoms with van der Waals surface area (Å²) >= 11 is 0. The zero-order valence-corrected chi connectivity index (χ0v) is 23.4. The third kappa shape index (κ3) is 6.59. The number of piperidine rings is 2. The Kier molecular flexibility index (Phi) is 9.56. The highest BCUT2D eigenvalue weighted by atomic mass is 19.1. The maximum atomic E-state index is 14.8. The fraction of sp³-hybridized carbons (Fsp3) is 0.517. The quantitative estimate of drug-likeness (QED) is 0.355. The number of hydrazine groups is 1. The van der Waals surface area contributed by atoms with Crippen molar-refractivity contribution >= 4 is 11.9 Å². The van der Waals surface area contributed by atoms with Crippen LogP contribution in [0.15, 0.2) is 49.1 Å². The van der Waals surface area contributed by atoms with Crippen LogP contribution in [-0.2, 0) is 6.54 Å². The van der Waals surface area contributed by atoms with E-state index in [0.29, 0.717) is 31.7 Å². The summed E-state index contributed by atoms with van der Waals surface area (Å²) in [6.07, 6.45) is 10.9. The number of rotatable bonds is 11. The standard InChI is InChI=1S/C29H39FN8O2/c1-3-39-25-19-22(20-26(27(25)30)40-4-2)21-36-17-9-24(10-18-36)38(29-34-13-6-14-35-29)37(23-7-15-31-16-8-23)28-32-11-5-12-33-28/h5-6,11-14,19-20,23-24,31H,3-4,7-10,15-18,21H2,1-2H3. The Labute approximate surface area is 235 Å². The highest BCUT2D eigenvalue weighted by Gasteiger charge is 2.36. The van der Waals surface area contributed by atoms with Crippen LogP contribution in [0, 0.1) is 5.82 Å². The summed E-state index contributed by atoms with van der Waals surface area (Å²) in [7, 11) is 0. The van der Waals surface area contributed by atoms with Gasteiger partial charge in [0.1, 0.15) is 0 Å². The molecule has 1 N–H and O–H groups in total. The first-order chi connectivity index (χ1) is 19.7. The number of ether oxygens (including phenoxy) is 2. The number of halogens is 1. The van der Waals surface area contributed by atoms with E-state index in [1.54, 1.807) is 36.9 Å². The number of nitrogens with one attached hydrogen (secondary N) is 1. The molecule has 0 radical (unpaired) electrons. The van der Waals surface area contributed by atoms with E-state index in [4.69, 9.17) is 9.47 Å². The van der Waals surface area contributed by atoms with Gasteiger partial charge in [0.05, 0.1) is 25.3 Å². The number of hydrogen-bond acceptors (Lipinski definition) is 10. The second kappa shape index (κ2) is 13.7. The fourth-order valence-electron chi connectivity index (χ4n) is 5.56. The number of hydrogen-bond donors (Lipinski definition) is 1. The largest absolute Gasteiger partial charge is 0.491 e. The van der Waals surface area contributed by atoms with Crippen molar-refractivity contribution in [3.63, 3.8) is 0 Å². The van der Waals surface area contributed by atoms with Gasteiger partial charge in [-0.05, 0) is 82.4 Å². The number of likely N-dealkylation sites (tertiary alicyclic amines) is 1. The van der Waals surface area contributed by atoms with Gasteiger partial charge in [0, 0.05) is 44.4 Å². The molecule has 1 aromatic carbocycles. The van der Waals surface area contributed by atoms with Crippen LogP contribution in [-0.4, -0.2) is 76.3 Å². The molecule has 0 spiro atoms. The van der Waals surface area contributed by atoms with Gasteiger partial charge < -0.3 is 14.8 Å². The van der Waals surface area contributed by atoms with Crippen LogP contribution in [0.25, 0.3) is 0 Å². The summed E-state index contributed by atoms with van der Waals surface area (Å²) in [5.41, 5.74) is 0.976. The first kappa shape index (κ1) is 28.0. The van der Waals surface area contributed by atoms with Gasteiger partial charge in [-0.2, -0.15) is 4.39 Å². The van der Waals surface area contributed by atoms with E-state index in [2.05, 4.69) is 40.2 Å². The van der Waals surface area contributed by atoms with Crippen LogP contribution in [0.1, 0.15) is 45.1 Å². The summed E-state index contributed by atoms with van der Waals surface area (Å²) in [5.74, 6) is 1.37. The third-order valence-corrected chi connectivity index (χ3v) is 7.38. The van der Waals surface area contributed by atoms with E-state index >= 15 is 0 Å². The first-order valence-corrected chi connectivity index (χ1v) is 14.3. The second-order valence-electron chi connectivity index (χ2n) is 10.0. The minimum Gasteiger partial charge on any atom is -0.491 e. The monoisotopic (exact) mass is 550 g/mol. The van der Waals surface area contributed by atoms with Crippen molar-refractivity contribution in [3.8, 4) is 11.5 Å². The predicted molar refractivity (Wildman–Crippen MR) is 152 cm³/mol. The molecule has 214 valence electrons. The number of aromatic nitrogens is 4. The van der Waals surface area contributed by atoms with Crippen molar-refractivity contribution in [3.05, 3.63) is 60.4 Å². The lowest BCUT2D eigenvalue weighted by molar-refractivity contribution is 0.196. The van der Waals surface area contributed by atoms with Gasteiger partial charge in [0.25, 0.3) is 0 Å². The Morgan fingerprint density at radius 2 is 1.27 bits per heavy atom. The molecule has 0 saturated carbocycles. The van der Waals surface area contributed by atoms with Gasteiger partial charge >= 0.3 is 0 Å². The molecule has 0 atom stereocenters. The molecule has 2 fully saturated rings. The molecule has 11 heteroatoms. The van der Waals surface area contributed by atoms with Crippen molar-refractivity contribution in [2.45, 2.75) is 58.2 Å². The molecular formula is C29H39FN8O2. The molecule has 10 nitrogen and oxygen atoms in total. The Balaban J connectivity index is 1.36. The lowest BCUT2D eigenvalue weighted by atomic mass is 10.0. The molecule has 2 aliphatic heterocycles.